The monoisotopic (exact) mass is 259 g/mol. The molecular formula is C14H17N3O2. The van der Waals surface area contributed by atoms with Crippen LogP contribution in [0.25, 0.3) is 0 Å². The van der Waals surface area contributed by atoms with Gasteiger partial charge in [0.15, 0.2) is 0 Å². The summed E-state index contributed by atoms with van der Waals surface area (Å²) >= 11 is 0. The molecule has 0 bridgehead atoms. The van der Waals surface area contributed by atoms with Gasteiger partial charge in [0, 0.05) is 12.2 Å². The second-order valence-electron chi connectivity index (χ2n) is 4.49. The molecule has 1 aromatic carbocycles. The maximum absolute atomic E-state index is 6.00. The lowest BCUT2D eigenvalue weighted by Crippen LogP contribution is -2.37. The summed E-state index contributed by atoms with van der Waals surface area (Å²) in [6, 6.07) is 10.1. The number of benzene rings is 1. The van der Waals surface area contributed by atoms with Crippen molar-refractivity contribution < 1.29 is 9.47 Å². The van der Waals surface area contributed by atoms with Gasteiger partial charge in [-0.2, -0.15) is 5.10 Å². The molecular weight excluding hydrogens is 242 g/mol. The summed E-state index contributed by atoms with van der Waals surface area (Å²) in [5.74, 6) is -0.760. The Kier molecular flexibility index (Phi) is 3.31. The Hall–Kier alpha value is -1.72. The molecule has 0 amide bonds. The third kappa shape index (κ3) is 2.05. The van der Waals surface area contributed by atoms with Crippen LogP contribution < -0.4 is 0 Å². The lowest BCUT2D eigenvalue weighted by atomic mass is 9.98. The summed E-state index contributed by atoms with van der Waals surface area (Å²) < 4.78 is 13.8. The van der Waals surface area contributed by atoms with Crippen molar-refractivity contribution in [2.45, 2.75) is 25.2 Å². The Bertz CT molecular complexity index is 515. The molecule has 1 aromatic heterocycles. The van der Waals surface area contributed by atoms with Crippen LogP contribution in [-0.4, -0.2) is 28.0 Å². The fourth-order valence-electron chi connectivity index (χ4n) is 2.67. The number of nitrogens with zero attached hydrogens (tertiary/aromatic N) is 3. The van der Waals surface area contributed by atoms with E-state index in [1.165, 1.54) is 0 Å². The Morgan fingerprint density at radius 2 is 2.26 bits per heavy atom. The van der Waals surface area contributed by atoms with Gasteiger partial charge in [0.05, 0.1) is 6.61 Å². The van der Waals surface area contributed by atoms with Gasteiger partial charge in [-0.15, -0.1) is 0 Å². The first kappa shape index (κ1) is 12.3. The quantitative estimate of drug-likeness (QED) is 0.844. The Balaban J connectivity index is 2.04. The van der Waals surface area contributed by atoms with Crippen LogP contribution in [0.3, 0.4) is 0 Å². The average Bonchev–Trinajstić information content (AvgIpc) is 3.09. The second kappa shape index (κ2) is 5.11. The van der Waals surface area contributed by atoms with E-state index in [9.17, 15) is 0 Å². The lowest BCUT2D eigenvalue weighted by molar-refractivity contribution is -0.236. The predicted octanol–water partition coefficient (Wildman–Crippen LogP) is 2.13. The first-order valence-electron chi connectivity index (χ1n) is 6.54. The van der Waals surface area contributed by atoms with Crippen molar-refractivity contribution in [1.82, 2.24) is 14.8 Å². The van der Waals surface area contributed by atoms with E-state index < -0.39 is 5.79 Å². The molecule has 1 aliphatic heterocycles. The maximum atomic E-state index is 6.00. The summed E-state index contributed by atoms with van der Waals surface area (Å²) in [5, 5.41) is 4.25. The molecule has 5 nitrogen and oxygen atoms in total. The van der Waals surface area contributed by atoms with Crippen molar-refractivity contribution in [3.63, 3.8) is 0 Å². The minimum Gasteiger partial charge on any atom is -0.344 e. The Morgan fingerprint density at radius 1 is 1.42 bits per heavy atom. The molecule has 0 spiro atoms. The van der Waals surface area contributed by atoms with Crippen LogP contribution in [0.4, 0.5) is 0 Å². The first-order chi connectivity index (χ1) is 9.37. The largest absolute Gasteiger partial charge is 0.344 e. The fourth-order valence-corrected chi connectivity index (χ4v) is 2.67. The summed E-state index contributed by atoms with van der Waals surface area (Å²) in [6.07, 6.45) is 4.12. The predicted molar refractivity (Wildman–Crippen MR) is 69.4 cm³/mol. The highest BCUT2D eigenvalue weighted by Crippen LogP contribution is 2.44. The molecule has 3 rings (SSSR count). The van der Waals surface area contributed by atoms with E-state index in [0.717, 1.165) is 12.0 Å². The highest BCUT2D eigenvalue weighted by molar-refractivity contribution is 5.23. The molecule has 0 radical (unpaired) electrons. The van der Waals surface area contributed by atoms with E-state index in [-0.39, 0.29) is 6.04 Å². The molecule has 1 saturated heterocycles. The van der Waals surface area contributed by atoms with Crippen LogP contribution in [0.2, 0.25) is 0 Å². The van der Waals surface area contributed by atoms with Crippen molar-refractivity contribution in [1.29, 1.82) is 0 Å². The summed E-state index contributed by atoms with van der Waals surface area (Å²) in [5.41, 5.74) is 1.02. The van der Waals surface area contributed by atoms with Gasteiger partial charge in [-0.05, 0) is 13.3 Å². The van der Waals surface area contributed by atoms with Crippen molar-refractivity contribution >= 4 is 0 Å². The van der Waals surface area contributed by atoms with Crippen molar-refractivity contribution in [3.05, 3.63) is 48.5 Å². The van der Waals surface area contributed by atoms with Crippen LogP contribution in [-0.2, 0) is 15.3 Å². The molecule has 0 saturated carbocycles. The lowest BCUT2D eigenvalue weighted by Gasteiger charge is -2.34. The molecule has 1 fully saturated rings. The van der Waals surface area contributed by atoms with E-state index in [0.29, 0.717) is 13.2 Å². The Labute approximate surface area is 112 Å². The van der Waals surface area contributed by atoms with Gasteiger partial charge in [-0.1, -0.05) is 30.3 Å². The van der Waals surface area contributed by atoms with Crippen LogP contribution in [0, 0.1) is 0 Å². The average molecular weight is 259 g/mol. The van der Waals surface area contributed by atoms with Crippen LogP contribution >= 0.6 is 0 Å². The third-order valence-electron chi connectivity index (χ3n) is 3.44. The number of hydrogen-bond acceptors (Lipinski definition) is 4. The molecule has 0 aliphatic carbocycles. The standard InChI is InChI=1S/C14H17N3O2/c1-2-18-14(12-6-4-3-5-7-12)13(8-9-19-14)17-11-15-10-16-17/h3-7,10-11,13H,2,8-9H2,1H3. The van der Waals surface area contributed by atoms with Gasteiger partial charge >= 0.3 is 0 Å². The zero-order chi connectivity index (χ0) is 13.1. The van der Waals surface area contributed by atoms with Crippen molar-refractivity contribution in [2.24, 2.45) is 0 Å². The highest BCUT2D eigenvalue weighted by Gasteiger charge is 2.48. The highest BCUT2D eigenvalue weighted by atomic mass is 16.7. The van der Waals surface area contributed by atoms with Crippen LogP contribution in [0.5, 0.6) is 0 Å². The van der Waals surface area contributed by atoms with Gasteiger partial charge in [0.1, 0.15) is 18.7 Å². The van der Waals surface area contributed by atoms with E-state index in [4.69, 9.17) is 9.47 Å². The molecule has 2 heterocycles. The maximum Gasteiger partial charge on any atom is 0.218 e. The number of rotatable bonds is 4. The Morgan fingerprint density at radius 3 is 2.95 bits per heavy atom. The van der Waals surface area contributed by atoms with E-state index in [2.05, 4.69) is 10.1 Å². The smallest absolute Gasteiger partial charge is 0.218 e. The normalized spacial score (nSPS) is 26.7. The number of hydrogen-bond donors (Lipinski definition) is 0. The molecule has 2 aromatic rings. The summed E-state index contributed by atoms with van der Waals surface area (Å²) in [7, 11) is 0. The zero-order valence-electron chi connectivity index (χ0n) is 10.9. The van der Waals surface area contributed by atoms with E-state index >= 15 is 0 Å². The fraction of sp³-hybridized carbons (Fsp3) is 0.429. The van der Waals surface area contributed by atoms with Gasteiger partial charge in [0.2, 0.25) is 5.79 Å². The van der Waals surface area contributed by atoms with Gasteiger partial charge < -0.3 is 9.47 Å². The number of aromatic nitrogens is 3. The van der Waals surface area contributed by atoms with E-state index in [1.807, 2.05) is 41.9 Å². The third-order valence-corrected chi connectivity index (χ3v) is 3.44. The van der Waals surface area contributed by atoms with E-state index in [1.54, 1.807) is 12.7 Å². The second-order valence-corrected chi connectivity index (χ2v) is 4.49. The number of ether oxygens (including phenoxy) is 2. The summed E-state index contributed by atoms with van der Waals surface area (Å²) in [4.78, 5) is 4.03. The molecule has 19 heavy (non-hydrogen) atoms. The summed E-state index contributed by atoms with van der Waals surface area (Å²) in [6.45, 7) is 3.21. The van der Waals surface area contributed by atoms with Crippen LogP contribution in [0.15, 0.2) is 43.0 Å². The molecule has 2 atom stereocenters. The van der Waals surface area contributed by atoms with Gasteiger partial charge in [-0.3, -0.25) is 0 Å². The van der Waals surface area contributed by atoms with Gasteiger partial charge in [-0.25, -0.2) is 9.67 Å². The SMILES string of the molecule is CCOC1(c2ccccc2)OCCC1n1cncn1. The zero-order valence-corrected chi connectivity index (χ0v) is 10.9. The molecule has 100 valence electrons. The van der Waals surface area contributed by atoms with Crippen molar-refractivity contribution in [2.75, 3.05) is 13.2 Å². The molecule has 0 N–H and O–H groups in total. The minimum absolute atomic E-state index is 0.0114. The first-order valence-corrected chi connectivity index (χ1v) is 6.54. The molecule has 1 aliphatic rings. The topological polar surface area (TPSA) is 49.2 Å². The van der Waals surface area contributed by atoms with Crippen molar-refractivity contribution in [3.8, 4) is 0 Å². The minimum atomic E-state index is -0.760. The molecule has 5 heteroatoms. The van der Waals surface area contributed by atoms with Crippen LogP contribution in [0.1, 0.15) is 24.9 Å². The molecule has 2 unspecified atom stereocenters. The van der Waals surface area contributed by atoms with Gasteiger partial charge in [0.25, 0.3) is 0 Å².